The molecule has 2 N–H and O–H groups in total. The third-order valence-electron chi connectivity index (χ3n) is 14.6. The van der Waals surface area contributed by atoms with Crippen molar-refractivity contribution in [1.29, 1.82) is 0 Å². The van der Waals surface area contributed by atoms with Crippen LogP contribution in [0.2, 0.25) is 0 Å². The lowest BCUT2D eigenvalue weighted by Gasteiger charge is -2.63. The number of hydrogen-bond donors (Lipinski definition) is 2. The van der Waals surface area contributed by atoms with Gasteiger partial charge in [-0.15, -0.1) is 0 Å². The Kier molecular flexibility index (Phi) is 5.17. The zero-order valence-corrected chi connectivity index (χ0v) is 23.0. The van der Waals surface area contributed by atoms with Gasteiger partial charge in [0.05, 0.1) is 24.9 Å². The van der Waals surface area contributed by atoms with Gasteiger partial charge in [0.2, 0.25) is 0 Å². The molecule has 0 unspecified atom stereocenters. The first kappa shape index (κ1) is 24.2. The van der Waals surface area contributed by atoms with Crippen molar-refractivity contribution in [3.8, 4) is 0 Å². The summed E-state index contributed by atoms with van der Waals surface area (Å²) in [6.07, 6.45) is 14.2. The Hall–Kier alpha value is -0.120. The molecule has 3 heteroatoms. The van der Waals surface area contributed by atoms with Gasteiger partial charge in [-0.25, -0.2) is 0 Å². The van der Waals surface area contributed by atoms with E-state index >= 15 is 0 Å². The highest BCUT2D eigenvalue weighted by Crippen LogP contribution is 2.89. The van der Waals surface area contributed by atoms with Crippen LogP contribution in [-0.2, 0) is 4.74 Å². The molecule has 0 aromatic rings. The Bertz CT molecular complexity index is 827. The Balaban J connectivity index is 1.25. The molecule has 6 fully saturated rings. The third kappa shape index (κ3) is 2.66. The summed E-state index contributed by atoms with van der Waals surface area (Å²) in [5.41, 5.74) is 1.76. The van der Waals surface area contributed by atoms with E-state index in [1.807, 2.05) is 0 Å². The van der Waals surface area contributed by atoms with E-state index in [1.165, 1.54) is 57.8 Å². The summed E-state index contributed by atoms with van der Waals surface area (Å²) in [4.78, 5) is 0. The average Bonchev–Trinajstić information content (AvgIpc) is 3.39. The molecule has 1 aliphatic heterocycles. The van der Waals surface area contributed by atoms with Crippen LogP contribution in [0.5, 0.6) is 0 Å². The van der Waals surface area contributed by atoms with Crippen molar-refractivity contribution in [3.63, 3.8) is 0 Å². The van der Waals surface area contributed by atoms with Gasteiger partial charge in [0.25, 0.3) is 0 Å². The number of fused-ring (bicyclic) bond motifs is 2. The van der Waals surface area contributed by atoms with E-state index in [0.29, 0.717) is 33.5 Å². The largest absolute Gasteiger partial charge is 0.393 e. The molecule has 6 rings (SSSR count). The zero-order chi connectivity index (χ0) is 24.4. The summed E-state index contributed by atoms with van der Waals surface area (Å²) in [7, 11) is 0. The molecule has 0 amide bonds. The molecule has 0 aromatic carbocycles. The monoisotopic (exact) mass is 472 g/mol. The van der Waals surface area contributed by atoms with E-state index in [9.17, 15) is 10.2 Å². The molecule has 0 bridgehead atoms. The first-order valence-corrected chi connectivity index (χ1v) is 14.9. The van der Waals surface area contributed by atoms with Crippen molar-refractivity contribution < 1.29 is 14.9 Å². The maximum absolute atomic E-state index is 10.9. The topological polar surface area (TPSA) is 49.7 Å². The van der Waals surface area contributed by atoms with Crippen LogP contribution in [-0.4, -0.2) is 35.1 Å². The van der Waals surface area contributed by atoms with Crippen LogP contribution in [0, 0.1) is 56.7 Å². The third-order valence-corrected chi connectivity index (χ3v) is 14.6. The minimum absolute atomic E-state index is 0.0850. The fraction of sp³-hybridized carbons (Fsp3) is 1.00. The smallest absolute Gasteiger partial charge is 0.0934 e. The maximum Gasteiger partial charge on any atom is 0.0934 e. The average molecular weight is 473 g/mol. The van der Waals surface area contributed by atoms with Gasteiger partial charge in [-0.05, 0) is 127 Å². The predicted molar refractivity (Wildman–Crippen MR) is 136 cm³/mol. The highest BCUT2D eigenvalue weighted by atomic mass is 16.5. The van der Waals surface area contributed by atoms with Crippen molar-refractivity contribution in [1.82, 2.24) is 0 Å². The molecule has 5 saturated carbocycles. The van der Waals surface area contributed by atoms with Crippen molar-refractivity contribution in [3.05, 3.63) is 0 Å². The highest BCUT2D eigenvalue weighted by molar-refractivity contribution is 5.30. The van der Waals surface area contributed by atoms with Crippen molar-refractivity contribution in [2.45, 2.75) is 124 Å². The second-order valence-corrected chi connectivity index (χ2v) is 15.5. The summed E-state index contributed by atoms with van der Waals surface area (Å²) in [5.74, 6) is 3.41. The van der Waals surface area contributed by atoms with E-state index in [4.69, 9.17) is 4.74 Å². The van der Waals surface area contributed by atoms with Crippen LogP contribution in [0.3, 0.4) is 0 Å². The van der Waals surface area contributed by atoms with Crippen molar-refractivity contribution >= 4 is 0 Å². The van der Waals surface area contributed by atoms with Crippen molar-refractivity contribution in [2.24, 2.45) is 56.7 Å². The van der Waals surface area contributed by atoms with Gasteiger partial charge >= 0.3 is 0 Å². The fourth-order valence-electron chi connectivity index (χ4n) is 12.1. The summed E-state index contributed by atoms with van der Waals surface area (Å²) in [5, 5.41) is 21.0. The number of hydrogen-bond acceptors (Lipinski definition) is 3. The van der Waals surface area contributed by atoms with E-state index in [2.05, 4.69) is 41.5 Å². The van der Waals surface area contributed by atoms with Crippen LogP contribution in [0.15, 0.2) is 0 Å². The van der Waals surface area contributed by atoms with Crippen LogP contribution in [0.25, 0.3) is 0 Å². The number of rotatable bonds is 3. The molecule has 10 atom stereocenters. The molecule has 194 valence electrons. The standard InChI is InChI=1S/C31H52O3/c1-20(2)31(19-32)14-9-21(17-34-31)22-10-12-28(6)24-8-7-23-26(3,4)25(33)11-13-29(23)18-30(24,29)16-15-27(22,28)5/h20-25,32-33H,7-19H2,1-6H3/t21-,22+,23+,24+,25-,27+,28-,29+,30-,31+/m0/s1. The van der Waals surface area contributed by atoms with E-state index < -0.39 is 0 Å². The molecule has 1 heterocycles. The quantitative estimate of drug-likeness (QED) is 0.486. The maximum atomic E-state index is 10.9. The molecule has 2 spiro atoms. The second-order valence-electron chi connectivity index (χ2n) is 15.5. The van der Waals surface area contributed by atoms with Crippen LogP contribution in [0.4, 0.5) is 0 Å². The van der Waals surface area contributed by atoms with Crippen LogP contribution >= 0.6 is 0 Å². The minimum atomic E-state index is -0.312. The van der Waals surface area contributed by atoms with Gasteiger partial charge in [0.1, 0.15) is 0 Å². The predicted octanol–water partition coefficient (Wildman–Crippen LogP) is 6.60. The Morgan fingerprint density at radius 3 is 2.15 bits per heavy atom. The summed E-state index contributed by atoms with van der Waals surface area (Å²) >= 11 is 0. The summed E-state index contributed by atoms with van der Waals surface area (Å²) < 4.78 is 6.52. The molecule has 1 saturated heterocycles. The number of aliphatic hydroxyl groups excluding tert-OH is 2. The molecule has 34 heavy (non-hydrogen) atoms. The molecule has 0 aromatic heterocycles. The Morgan fingerprint density at radius 2 is 1.50 bits per heavy atom. The van der Waals surface area contributed by atoms with Crippen LogP contribution < -0.4 is 0 Å². The summed E-state index contributed by atoms with van der Waals surface area (Å²) in [6, 6.07) is 0. The normalized spacial score (nSPS) is 58.0. The Labute approximate surface area is 208 Å². The second kappa shape index (κ2) is 7.25. The van der Waals surface area contributed by atoms with Crippen molar-refractivity contribution in [2.75, 3.05) is 13.2 Å². The van der Waals surface area contributed by atoms with Gasteiger partial charge in [-0.3, -0.25) is 0 Å². The first-order chi connectivity index (χ1) is 15.9. The van der Waals surface area contributed by atoms with Gasteiger partial charge < -0.3 is 14.9 Å². The number of aliphatic hydroxyl groups is 2. The zero-order valence-electron chi connectivity index (χ0n) is 23.0. The van der Waals surface area contributed by atoms with Gasteiger partial charge in [0.15, 0.2) is 0 Å². The van der Waals surface area contributed by atoms with E-state index in [-0.39, 0.29) is 23.7 Å². The lowest BCUT2D eigenvalue weighted by Crippen LogP contribution is -2.58. The van der Waals surface area contributed by atoms with Gasteiger partial charge in [0, 0.05) is 0 Å². The first-order valence-electron chi connectivity index (χ1n) is 14.9. The highest BCUT2D eigenvalue weighted by Gasteiger charge is 2.82. The van der Waals surface area contributed by atoms with Gasteiger partial charge in [-0.1, -0.05) is 41.5 Å². The summed E-state index contributed by atoms with van der Waals surface area (Å²) in [6.45, 7) is 15.6. The van der Waals surface area contributed by atoms with Gasteiger partial charge in [-0.2, -0.15) is 0 Å². The number of ether oxygens (including phenoxy) is 1. The van der Waals surface area contributed by atoms with Crippen LogP contribution in [0.1, 0.15) is 112 Å². The fourth-order valence-corrected chi connectivity index (χ4v) is 12.1. The molecule has 3 nitrogen and oxygen atoms in total. The molecule has 5 aliphatic carbocycles. The lowest BCUT2D eigenvalue weighted by atomic mass is 9.41. The van der Waals surface area contributed by atoms with E-state index in [1.54, 1.807) is 0 Å². The Morgan fingerprint density at radius 1 is 0.794 bits per heavy atom. The molecule has 6 aliphatic rings. The molecule has 0 radical (unpaired) electrons. The minimum Gasteiger partial charge on any atom is -0.393 e. The SMILES string of the molecule is CC(C)[C@]1(CO)CC[C@H]([C@H]2CC[C@@]3(C)[C@H]4CC[C@@H]5C(C)(C)[C@@H](O)CC[C@@]56C[C@@]46CC[C@]23C)CO1. The lowest BCUT2D eigenvalue weighted by molar-refractivity contribution is -0.183. The molecular weight excluding hydrogens is 420 g/mol. The van der Waals surface area contributed by atoms with E-state index in [0.717, 1.165) is 37.2 Å². The molecular formula is C31H52O3.